The Bertz CT molecular complexity index is 394. The number of methoxy groups -OCH3 is 1. The fraction of sp³-hybridized carbons (Fsp3) is 0.500. The maximum absolute atomic E-state index is 13.9. The highest BCUT2D eigenvalue weighted by Crippen LogP contribution is 2.46. The zero-order valence-electron chi connectivity index (χ0n) is 9.39. The van der Waals surface area contributed by atoms with Gasteiger partial charge >= 0.3 is 0 Å². The maximum atomic E-state index is 13.9. The van der Waals surface area contributed by atoms with Gasteiger partial charge in [-0.2, -0.15) is 0 Å². The number of rotatable bonds is 2. The Kier molecular flexibility index (Phi) is 2.62. The maximum Gasteiger partial charge on any atom is 0.271 e. The van der Waals surface area contributed by atoms with E-state index in [1.165, 1.54) is 14.0 Å². The van der Waals surface area contributed by atoms with Crippen LogP contribution in [0.2, 0.25) is 0 Å². The normalized spacial score (nSPS) is 28.0. The summed E-state index contributed by atoms with van der Waals surface area (Å²) in [6, 6.07) is 6.92. The lowest BCUT2D eigenvalue weighted by atomic mass is 9.86. The minimum Gasteiger partial charge on any atom is -0.496 e. The first-order valence-corrected chi connectivity index (χ1v) is 5.27. The van der Waals surface area contributed by atoms with E-state index in [4.69, 9.17) is 4.74 Å². The van der Waals surface area contributed by atoms with E-state index in [2.05, 4.69) is 5.32 Å². The van der Waals surface area contributed by atoms with Gasteiger partial charge in [-0.1, -0.05) is 18.2 Å². The third kappa shape index (κ3) is 1.48. The standard InChI is InChI=1S/C12H15F2NO/c1-11(12(13,14)7-8-15-11)9-5-3-4-6-10(9)16-2/h3-6,15H,7-8H2,1-2H3. The van der Waals surface area contributed by atoms with Crippen LogP contribution in [0, 0.1) is 0 Å². The van der Waals surface area contributed by atoms with Gasteiger partial charge in [-0.15, -0.1) is 0 Å². The Morgan fingerprint density at radius 3 is 2.56 bits per heavy atom. The van der Waals surface area contributed by atoms with E-state index in [9.17, 15) is 8.78 Å². The predicted molar refractivity (Wildman–Crippen MR) is 57.9 cm³/mol. The molecule has 1 unspecified atom stereocenters. The zero-order valence-corrected chi connectivity index (χ0v) is 9.39. The Hall–Kier alpha value is -1.16. The van der Waals surface area contributed by atoms with Gasteiger partial charge in [-0.05, 0) is 13.0 Å². The van der Waals surface area contributed by atoms with E-state index in [1.54, 1.807) is 24.3 Å². The number of para-hydroxylation sites is 1. The first-order valence-electron chi connectivity index (χ1n) is 5.27. The summed E-state index contributed by atoms with van der Waals surface area (Å²) < 4.78 is 32.9. The van der Waals surface area contributed by atoms with Crippen LogP contribution >= 0.6 is 0 Å². The summed E-state index contributed by atoms with van der Waals surface area (Å²) in [5, 5.41) is 2.88. The van der Waals surface area contributed by atoms with Crippen molar-refractivity contribution in [2.75, 3.05) is 13.7 Å². The molecule has 1 heterocycles. The Balaban J connectivity index is 2.50. The number of ether oxygens (including phenoxy) is 1. The molecular weight excluding hydrogens is 212 g/mol. The smallest absolute Gasteiger partial charge is 0.271 e. The van der Waals surface area contributed by atoms with Crippen molar-refractivity contribution in [3.8, 4) is 5.75 Å². The zero-order chi connectivity index (χ0) is 11.8. The average Bonchev–Trinajstić information content (AvgIpc) is 2.54. The highest BCUT2D eigenvalue weighted by atomic mass is 19.3. The van der Waals surface area contributed by atoms with E-state index >= 15 is 0 Å². The SMILES string of the molecule is COc1ccccc1C1(C)NCCC1(F)F. The molecule has 1 aliphatic rings. The first-order chi connectivity index (χ1) is 7.51. The van der Waals surface area contributed by atoms with E-state index in [1.807, 2.05) is 0 Å². The molecule has 0 bridgehead atoms. The first kappa shape index (κ1) is 11.3. The molecule has 1 saturated heterocycles. The van der Waals surface area contributed by atoms with Gasteiger partial charge in [0.05, 0.1) is 7.11 Å². The lowest BCUT2D eigenvalue weighted by molar-refractivity contribution is -0.0566. The molecular formula is C12H15F2NO. The van der Waals surface area contributed by atoms with Crippen molar-refractivity contribution in [3.05, 3.63) is 29.8 Å². The largest absolute Gasteiger partial charge is 0.496 e. The van der Waals surface area contributed by atoms with E-state index in [0.717, 1.165) is 0 Å². The van der Waals surface area contributed by atoms with Crippen molar-refractivity contribution < 1.29 is 13.5 Å². The van der Waals surface area contributed by atoms with Crippen LogP contribution in [-0.2, 0) is 5.54 Å². The molecule has 0 aliphatic carbocycles. The second-order valence-corrected chi connectivity index (χ2v) is 4.21. The summed E-state index contributed by atoms with van der Waals surface area (Å²) in [6.07, 6.45) is -0.137. The number of hydrogen-bond acceptors (Lipinski definition) is 2. The van der Waals surface area contributed by atoms with Crippen LogP contribution in [0.5, 0.6) is 5.75 Å². The quantitative estimate of drug-likeness (QED) is 0.838. The lowest BCUT2D eigenvalue weighted by Crippen LogP contribution is -2.46. The van der Waals surface area contributed by atoms with Crippen molar-refractivity contribution in [1.82, 2.24) is 5.32 Å². The Labute approximate surface area is 93.6 Å². The van der Waals surface area contributed by atoms with Gasteiger partial charge < -0.3 is 10.1 Å². The molecule has 1 aromatic rings. The minimum atomic E-state index is -2.75. The number of nitrogens with one attached hydrogen (secondary N) is 1. The van der Waals surface area contributed by atoms with Gasteiger partial charge in [0.25, 0.3) is 5.92 Å². The Morgan fingerprint density at radius 1 is 1.31 bits per heavy atom. The monoisotopic (exact) mass is 227 g/mol. The lowest BCUT2D eigenvalue weighted by Gasteiger charge is -2.32. The second kappa shape index (κ2) is 3.70. The van der Waals surface area contributed by atoms with Crippen LogP contribution in [0.1, 0.15) is 18.9 Å². The number of hydrogen-bond donors (Lipinski definition) is 1. The van der Waals surface area contributed by atoms with Crippen LogP contribution in [0.25, 0.3) is 0 Å². The van der Waals surface area contributed by atoms with Crippen LogP contribution in [0.4, 0.5) is 8.78 Å². The van der Waals surface area contributed by atoms with Crippen LogP contribution in [0.15, 0.2) is 24.3 Å². The summed E-state index contributed by atoms with van der Waals surface area (Å²) in [7, 11) is 1.50. The molecule has 2 nitrogen and oxygen atoms in total. The molecule has 0 aromatic heterocycles. The summed E-state index contributed by atoms with van der Waals surface area (Å²) in [5.74, 6) is -2.25. The molecule has 0 amide bonds. The molecule has 1 fully saturated rings. The van der Waals surface area contributed by atoms with E-state index in [-0.39, 0.29) is 6.42 Å². The van der Waals surface area contributed by atoms with Crippen molar-refractivity contribution in [1.29, 1.82) is 0 Å². The Morgan fingerprint density at radius 2 is 2.00 bits per heavy atom. The minimum absolute atomic E-state index is 0.137. The molecule has 4 heteroatoms. The molecule has 1 aliphatic heterocycles. The molecule has 16 heavy (non-hydrogen) atoms. The molecule has 2 rings (SSSR count). The fourth-order valence-corrected chi connectivity index (χ4v) is 2.20. The molecule has 88 valence electrons. The number of alkyl halides is 2. The van der Waals surface area contributed by atoms with Gasteiger partial charge in [-0.25, -0.2) is 8.78 Å². The van der Waals surface area contributed by atoms with Crippen LogP contribution in [0.3, 0.4) is 0 Å². The van der Waals surface area contributed by atoms with Gasteiger partial charge in [0.2, 0.25) is 0 Å². The van der Waals surface area contributed by atoms with Gasteiger partial charge in [0, 0.05) is 18.5 Å². The molecule has 1 N–H and O–H groups in total. The predicted octanol–water partition coefficient (Wildman–Crippen LogP) is 2.54. The van der Waals surface area contributed by atoms with Gasteiger partial charge in [0.15, 0.2) is 0 Å². The van der Waals surface area contributed by atoms with Gasteiger partial charge in [0.1, 0.15) is 11.3 Å². The third-order valence-corrected chi connectivity index (χ3v) is 3.29. The van der Waals surface area contributed by atoms with Crippen LogP contribution < -0.4 is 10.1 Å². The molecule has 1 aromatic carbocycles. The van der Waals surface area contributed by atoms with E-state index < -0.39 is 11.5 Å². The van der Waals surface area contributed by atoms with Crippen molar-refractivity contribution in [2.24, 2.45) is 0 Å². The summed E-state index contributed by atoms with van der Waals surface area (Å²) in [6.45, 7) is 1.85. The highest BCUT2D eigenvalue weighted by molar-refractivity contribution is 5.41. The van der Waals surface area contributed by atoms with Gasteiger partial charge in [-0.3, -0.25) is 0 Å². The summed E-state index contributed by atoms with van der Waals surface area (Å²) >= 11 is 0. The fourth-order valence-electron chi connectivity index (χ4n) is 2.20. The van der Waals surface area contributed by atoms with E-state index in [0.29, 0.717) is 17.9 Å². The van der Waals surface area contributed by atoms with Crippen molar-refractivity contribution >= 4 is 0 Å². The number of halogens is 2. The molecule has 0 saturated carbocycles. The molecule has 0 radical (unpaired) electrons. The summed E-state index contributed by atoms with van der Waals surface area (Å²) in [5.41, 5.74) is -0.820. The molecule has 1 atom stereocenters. The van der Waals surface area contributed by atoms with Crippen molar-refractivity contribution in [2.45, 2.75) is 24.8 Å². The highest BCUT2D eigenvalue weighted by Gasteiger charge is 2.55. The summed E-state index contributed by atoms with van der Waals surface area (Å²) in [4.78, 5) is 0. The third-order valence-electron chi connectivity index (χ3n) is 3.29. The number of benzene rings is 1. The molecule has 0 spiro atoms. The second-order valence-electron chi connectivity index (χ2n) is 4.21. The van der Waals surface area contributed by atoms with Crippen molar-refractivity contribution in [3.63, 3.8) is 0 Å². The topological polar surface area (TPSA) is 21.3 Å². The average molecular weight is 227 g/mol. The van der Waals surface area contributed by atoms with Crippen LogP contribution in [-0.4, -0.2) is 19.6 Å².